The fourth-order valence-electron chi connectivity index (χ4n) is 1.47. The SMILES string of the molecule is CC(O)C(C(=O)O)n1cnnc1CCCO. The molecule has 0 aromatic carbocycles. The van der Waals surface area contributed by atoms with Gasteiger partial charge in [0.15, 0.2) is 6.04 Å². The minimum atomic E-state index is -1.14. The third-order valence-corrected chi connectivity index (χ3v) is 2.22. The molecule has 1 aromatic heterocycles. The molecule has 7 heteroatoms. The van der Waals surface area contributed by atoms with E-state index in [4.69, 9.17) is 10.2 Å². The Morgan fingerprint density at radius 1 is 1.62 bits per heavy atom. The molecule has 2 unspecified atom stereocenters. The van der Waals surface area contributed by atoms with Gasteiger partial charge >= 0.3 is 5.97 Å². The largest absolute Gasteiger partial charge is 0.480 e. The lowest BCUT2D eigenvalue weighted by Crippen LogP contribution is -2.30. The minimum Gasteiger partial charge on any atom is -0.480 e. The molecule has 0 amide bonds. The molecule has 0 aliphatic heterocycles. The first-order valence-electron chi connectivity index (χ1n) is 4.98. The number of aliphatic hydroxyl groups is 2. The molecule has 1 rings (SSSR count). The normalized spacial score (nSPS) is 14.7. The molecule has 0 bridgehead atoms. The molecule has 3 N–H and O–H groups in total. The van der Waals surface area contributed by atoms with Crippen molar-refractivity contribution in [2.45, 2.75) is 31.9 Å². The van der Waals surface area contributed by atoms with Gasteiger partial charge in [-0.25, -0.2) is 4.79 Å². The Hall–Kier alpha value is -1.47. The van der Waals surface area contributed by atoms with Gasteiger partial charge in [0.25, 0.3) is 0 Å². The van der Waals surface area contributed by atoms with Crippen LogP contribution >= 0.6 is 0 Å². The fourth-order valence-corrected chi connectivity index (χ4v) is 1.47. The maximum Gasteiger partial charge on any atom is 0.329 e. The zero-order chi connectivity index (χ0) is 12.1. The highest BCUT2D eigenvalue weighted by molar-refractivity contribution is 5.72. The van der Waals surface area contributed by atoms with E-state index in [2.05, 4.69) is 10.2 Å². The third kappa shape index (κ3) is 2.77. The Kier molecular flexibility index (Phi) is 4.39. The van der Waals surface area contributed by atoms with Crippen molar-refractivity contribution in [3.05, 3.63) is 12.2 Å². The van der Waals surface area contributed by atoms with Gasteiger partial charge in [-0.05, 0) is 13.3 Å². The second-order valence-electron chi connectivity index (χ2n) is 3.51. The van der Waals surface area contributed by atoms with E-state index < -0.39 is 18.1 Å². The molecule has 2 atom stereocenters. The van der Waals surface area contributed by atoms with E-state index in [0.717, 1.165) is 0 Å². The minimum absolute atomic E-state index is 0.000718. The molecule has 1 aromatic rings. The van der Waals surface area contributed by atoms with Crippen LogP contribution in [-0.4, -0.2) is 48.8 Å². The summed E-state index contributed by atoms with van der Waals surface area (Å²) in [7, 11) is 0. The molecule has 1 heterocycles. The van der Waals surface area contributed by atoms with Crippen LogP contribution in [0.2, 0.25) is 0 Å². The second-order valence-corrected chi connectivity index (χ2v) is 3.51. The highest BCUT2D eigenvalue weighted by Gasteiger charge is 2.27. The second kappa shape index (κ2) is 5.57. The van der Waals surface area contributed by atoms with Gasteiger partial charge in [-0.3, -0.25) is 0 Å². The fraction of sp³-hybridized carbons (Fsp3) is 0.667. The van der Waals surface area contributed by atoms with E-state index in [0.29, 0.717) is 18.7 Å². The molecule has 0 spiro atoms. The molecule has 0 radical (unpaired) electrons. The summed E-state index contributed by atoms with van der Waals surface area (Å²) in [4.78, 5) is 11.0. The van der Waals surface area contributed by atoms with Gasteiger partial charge in [0, 0.05) is 13.0 Å². The van der Waals surface area contributed by atoms with Crippen LogP contribution in [0.4, 0.5) is 0 Å². The number of carbonyl (C=O) groups is 1. The van der Waals surface area contributed by atoms with Crippen LogP contribution < -0.4 is 0 Å². The van der Waals surface area contributed by atoms with Gasteiger partial charge in [0.1, 0.15) is 12.2 Å². The maximum absolute atomic E-state index is 11.0. The van der Waals surface area contributed by atoms with E-state index in [1.165, 1.54) is 17.8 Å². The molecular weight excluding hydrogens is 214 g/mol. The average molecular weight is 229 g/mol. The molecule has 0 fully saturated rings. The van der Waals surface area contributed by atoms with Gasteiger partial charge in [-0.1, -0.05) is 0 Å². The van der Waals surface area contributed by atoms with Crippen molar-refractivity contribution in [2.24, 2.45) is 0 Å². The number of aromatic nitrogens is 3. The van der Waals surface area contributed by atoms with Gasteiger partial charge in [0.05, 0.1) is 6.10 Å². The van der Waals surface area contributed by atoms with Crippen molar-refractivity contribution in [1.29, 1.82) is 0 Å². The van der Waals surface area contributed by atoms with E-state index in [-0.39, 0.29) is 6.61 Å². The number of rotatable bonds is 6. The number of aryl methyl sites for hydroxylation is 1. The van der Waals surface area contributed by atoms with Crippen LogP contribution in [0, 0.1) is 0 Å². The molecule has 0 aliphatic carbocycles. The number of carboxylic acids is 1. The summed E-state index contributed by atoms with van der Waals surface area (Å²) in [6, 6.07) is -1.09. The number of hydrogen-bond acceptors (Lipinski definition) is 5. The Balaban J connectivity index is 2.91. The Morgan fingerprint density at radius 3 is 2.81 bits per heavy atom. The van der Waals surface area contributed by atoms with Gasteiger partial charge in [-0.15, -0.1) is 10.2 Å². The molecular formula is C9H15N3O4. The predicted molar refractivity (Wildman–Crippen MR) is 53.8 cm³/mol. The van der Waals surface area contributed by atoms with Crippen LogP contribution in [0.5, 0.6) is 0 Å². The van der Waals surface area contributed by atoms with Gasteiger partial charge in [0.2, 0.25) is 0 Å². The van der Waals surface area contributed by atoms with Crippen molar-refractivity contribution in [3.63, 3.8) is 0 Å². The van der Waals surface area contributed by atoms with Gasteiger partial charge in [-0.2, -0.15) is 0 Å². The molecule has 90 valence electrons. The van der Waals surface area contributed by atoms with Crippen molar-refractivity contribution < 1.29 is 20.1 Å². The van der Waals surface area contributed by atoms with Crippen molar-refractivity contribution >= 4 is 5.97 Å². The zero-order valence-electron chi connectivity index (χ0n) is 8.94. The number of carboxylic acid groups (broad SMARTS) is 1. The summed E-state index contributed by atoms with van der Waals surface area (Å²) >= 11 is 0. The van der Waals surface area contributed by atoms with Crippen molar-refractivity contribution in [1.82, 2.24) is 14.8 Å². The predicted octanol–water partition coefficient (Wildman–Crippen LogP) is -0.791. The monoisotopic (exact) mass is 229 g/mol. The summed E-state index contributed by atoms with van der Waals surface area (Å²) < 4.78 is 1.32. The quantitative estimate of drug-likeness (QED) is 0.590. The molecule has 0 saturated carbocycles. The molecule has 16 heavy (non-hydrogen) atoms. The van der Waals surface area contributed by atoms with Crippen LogP contribution in [0.3, 0.4) is 0 Å². The molecule has 7 nitrogen and oxygen atoms in total. The van der Waals surface area contributed by atoms with Crippen LogP contribution in [0.15, 0.2) is 6.33 Å². The van der Waals surface area contributed by atoms with E-state index >= 15 is 0 Å². The number of aliphatic carboxylic acids is 1. The highest BCUT2D eigenvalue weighted by atomic mass is 16.4. The molecule has 0 aliphatic rings. The average Bonchev–Trinajstić information content (AvgIpc) is 2.62. The van der Waals surface area contributed by atoms with Crippen molar-refractivity contribution in [3.8, 4) is 0 Å². The lowest BCUT2D eigenvalue weighted by atomic mass is 10.1. The van der Waals surface area contributed by atoms with Crippen LogP contribution in [-0.2, 0) is 11.2 Å². The Morgan fingerprint density at radius 2 is 2.31 bits per heavy atom. The third-order valence-electron chi connectivity index (χ3n) is 2.22. The lowest BCUT2D eigenvalue weighted by Gasteiger charge is -2.18. The van der Waals surface area contributed by atoms with Crippen molar-refractivity contribution in [2.75, 3.05) is 6.61 Å². The van der Waals surface area contributed by atoms with Crippen LogP contribution in [0.1, 0.15) is 25.2 Å². The number of nitrogens with zero attached hydrogens (tertiary/aromatic N) is 3. The topological polar surface area (TPSA) is 108 Å². The lowest BCUT2D eigenvalue weighted by molar-refractivity contribution is -0.144. The summed E-state index contributed by atoms with van der Waals surface area (Å²) in [5, 5.41) is 34.5. The summed E-state index contributed by atoms with van der Waals surface area (Å²) in [6.07, 6.45) is 1.14. The Bertz CT molecular complexity index is 350. The maximum atomic E-state index is 11.0. The Labute approximate surface area is 92.4 Å². The summed E-state index contributed by atoms with van der Waals surface area (Å²) in [5.41, 5.74) is 0. The first-order chi connectivity index (χ1) is 7.57. The van der Waals surface area contributed by atoms with E-state index in [1.54, 1.807) is 0 Å². The number of aliphatic hydroxyl groups excluding tert-OH is 2. The van der Waals surface area contributed by atoms with Crippen LogP contribution in [0.25, 0.3) is 0 Å². The van der Waals surface area contributed by atoms with E-state index in [9.17, 15) is 9.90 Å². The first-order valence-corrected chi connectivity index (χ1v) is 4.98. The smallest absolute Gasteiger partial charge is 0.329 e. The summed E-state index contributed by atoms with van der Waals surface area (Å²) in [6.45, 7) is 1.40. The standard InChI is InChI=1S/C9H15N3O4/c1-6(14)8(9(15)16)12-5-10-11-7(12)3-2-4-13/h5-6,8,13-14H,2-4H2,1H3,(H,15,16). The summed E-state index contributed by atoms with van der Waals surface area (Å²) in [5.74, 6) is -0.692. The number of hydrogen-bond donors (Lipinski definition) is 3. The zero-order valence-corrected chi connectivity index (χ0v) is 8.94. The highest BCUT2D eigenvalue weighted by Crippen LogP contribution is 2.14. The molecule has 0 saturated heterocycles. The van der Waals surface area contributed by atoms with E-state index in [1.807, 2.05) is 0 Å². The van der Waals surface area contributed by atoms with Gasteiger partial charge < -0.3 is 19.9 Å². The first kappa shape index (κ1) is 12.6.